The van der Waals surface area contributed by atoms with Gasteiger partial charge in [0, 0.05) is 18.1 Å². The van der Waals surface area contributed by atoms with E-state index in [1.54, 1.807) is 19.1 Å². The summed E-state index contributed by atoms with van der Waals surface area (Å²) >= 11 is 0. The third kappa shape index (κ3) is 3.43. The molecule has 0 spiro atoms. The van der Waals surface area contributed by atoms with Crippen molar-refractivity contribution in [1.29, 1.82) is 0 Å². The molecule has 0 aliphatic carbocycles. The quantitative estimate of drug-likeness (QED) is 0.803. The van der Waals surface area contributed by atoms with Crippen molar-refractivity contribution >= 4 is 11.9 Å². The number of benzene rings is 1. The van der Waals surface area contributed by atoms with Gasteiger partial charge in [-0.25, -0.2) is 0 Å². The number of aromatic nitrogens is 2. The summed E-state index contributed by atoms with van der Waals surface area (Å²) in [5.74, 6) is 5.33. The van der Waals surface area contributed by atoms with E-state index in [9.17, 15) is 4.79 Å². The number of aryl methyl sites for hydroxylation is 2. The Labute approximate surface area is 115 Å². The molecule has 2 N–H and O–H groups in total. The molecule has 0 aliphatic rings. The van der Waals surface area contributed by atoms with Crippen LogP contribution in [0.3, 0.4) is 0 Å². The molecule has 1 aromatic carbocycles. The standard InChI is InChI=1S/C14H13N3O3/c1-9-6-11(4-3-5-18)8-12(7-9)13(19)15-14-17-16-10(2)20-14/h6-8,18H,5H2,1-2H3,(H,15,17,19). The molecule has 0 saturated carbocycles. The highest BCUT2D eigenvalue weighted by Crippen LogP contribution is 2.12. The molecule has 0 fully saturated rings. The first-order chi connectivity index (χ1) is 9.58. The highest BCUT2D eigenvalue weighted by Gasteiger charge is 2.11. The summed E-state index contributed by atoms with van der Waals surface area (Å²) in [7, 11) is 0. The maximum absolute atomic E-state index is 12.1. The Bertz CT molecular complexity index is 695. The van der Waals surface area contributed by atoms with E-state index in [4.69, 9.17) is 9.52 Å². The molecule has 0 bridgehead atoms. The summed E-state index contributed by atoms with van der Waals surface area (Å²) in [5.41, 5.74) is 1.98. The van der Waals surface area contributed by atoms with Gasteiger partial charge in [0.2, 0.25) is 5.89 Å². The van der Waals surface area contributed by atoms with Gasteiger partial charge in [-0.3, -0.25) is 10.1 Å². The average Bonchev–Trinajstić information content (AvgIpc) is 2.81. The molecule has 20 heavy (non-hydrogen) atoms. The van der Waals surface area contributed by atoms with Crippen molar-refractivity contribution < 1.29 is 14.3 Å². The number of hydrogen-bond donors (Lipinski definition) is 2. The SMILES string of the molecule is Cc1cc(C#CCO)cc(C(=O)Nc2nnc(C)o2)c1. The van der Waals surface area contributed by atoms with Crippen LogP contribution in [-0.2, 0) is 0 Å². The lowest BCUT2D eigenvalue weighted by Gasteiger charge is -2.03. The Morgan fingerprint density at radius 3 is 2.80 bits per heavy atom. The van der Waals surface area contributed by atoms with Gasteiger partial charge < -0.3 is 9.52 Å². The molecule has 1 aromatic heterocycles. The van der Waals surface area contributed by atoms with Gasteiger partial charge >= 0.3 is 6.01 Å². The van der Waals surface area contributed by atoms with Gasteiger partial charge in [0.1, 0.15) is 6.61 Å². The number of rotatable bonds is 2. The number of amides is 1. The third-order valence-electron chi connectivity index (χ3n) is 2.40. The molecular formula is C14H13N3O3. The van der Waals surface area contributed by atoms with E-state index in [1.807, 2.05) is 13.0 Å². The Kier molecular flexibility index (Phi) is 4.13. The predicted molar refractivity (Wildman–Crippen MR) is 72.1 cm³/mol. The second kappa shape index (κ2) is 5.99. The number of anilines is 1. The molecule has 0 unspecified atom stereocenters. The lowest BCUT2D eigenvalue weighted by Crippen LogP contribution is -2.12. The van der Waals surface area contributed by atoms with Crippen LogP contribution in [0.1, 0.15) is 27.4 Å². The maximum atomic E-state index is 12.1. The van der Waals surface area contributed by atoms with E-state index in [1.165, 1.54) is 0 Å². The smallest absolute Gasteiger partial charge is 0.322 e. The number of nitrogens with zero attached hydrogens (tertiary/aromatic N) is 2. The van der Waals surface area contributed by atoms with Crippen LogP contribution in [0.5, 0.6) is 0 Å². The number of carbonyl (C=O) groups is 1. The topological polar surface area (TPSA) is 88.2 Å². The van der Waals surface area contributed by atoms with E-state index in [0.717, 1.165) is 5.56 Å². The van der Waals surface area contributed by atoms with Crippen LogP contribution in [0.2, 0.25) is 0 Å². The minimum atomic E-state index is -0.357. The fourth-order valence-electron chi connectivity index (χ4n) is 1.64. The van der Waals surface area contributed by atoms with Crippen molar-refractivity contribution in [3.8, 4) is 11.8 Å². The first kappa shape index (κ1) is 13.8. The first-order valence-electron chi connectivity index (χ1n) is 5.91. The molecule has 0 saturated heterocycles. The van der Waals surface area contributed by atoms with Crippen molar-refractivity contribution in [2.75, 3.05) is 11.9 Å². The number of carbonyl (C=O) groups excluding carboxylic acids is 1. The average molecular weight is 271 g/mol. The van der Waals surface area contributed by atoms with Crippen LogP contribution in [0.4, 0.5) is 6.01 Å². The number of aliphatic hydroxyl groups is 1. The first-order valence-corrected chi connectivity index (χ1v) is 5.91. The van der Waals surface area contributed by atoms with E-state index in [-0.39, 0.29) is 18.5 Å². The summed E-state index contributed by atoms with van der Waals surface area (Å²) in [6.45, 7) is 3.27. The molecule has 0 atom stereocenters. The Balaban J connectivity index is 2.23. The summed E-state index contributed by atoms with van der Waals surface area (Å²) in [6, 6.07) is 5.24. The van der Waals surface area contributed by atoms with Crippen molar-refractivity contribution in [1.82, 2.24) is 10.2 Å². The second-order valence-corrected chi connectivity index (χ2v) is 4.13. The second-order valence-electron chi connectivity index (χ2n) is 4.13. The number of aliphatic hydroxyl groups excluding tert-OH is 1. The van der Waals surface area contributed by atoms with Crippen LogP contribution in [0.15, 0.2) is 22.6 Å². The van der Waals surface area contributed by atoms with Crippen molar-refractivity contribution in [3.63, 3.8) is 0 Å². The van der Waals surface area contributed by atoms with Gasteiger partial charge in [0.25, 0.3) is 5.91 Å². The van der Waals surface area contributed by atoms with Crippen LogP contribution in [0, 0.1) is 25.7 Å². The summed E-state index contributed by atoms with van der Waals surface area (Å²) in [5, 5.41) is 18.5. The monoisotopic (exact) mass is 271 g/mol. The minimum Gasteiger partial charge on any atom is -0.408 e. The Morgan fingerprint density at radius 2 is 2.15 bits per heavy atom. The normalized spacial score (nSPS) is 9.75. The zero-order valence-corrected chi connectivity index (χ0v) is 11.1. The number of hydrogen-bond acceptors (Lipinski definition) is 5. The summed E-state index contributed by atoms with van der Waals surface area (Å²) in [4.78, 5) is 12.1. The lowest BCUT2D eigenvalue weighted by molar-refractivity contribution is 0.102. The molecule has 2 aromatic rings. The molecule has 0 radical (unpaired) electrons. The zero-order valence-electron chi connectivity index (χ0n) is 11.1. The highest BCUT2D eigenvalue weighted by molar-refractivity contribution is 6.03. The lowest BCUT2D eigenvalue weighted by atomic mass is 10.1. The van der Waals surface area contributed by atoms with Gasteiger partial charge in [-0.1, -0.05) is 16.9 Å². The van der Waals surface area contributed by atoms with E-state index in [2.05, 4.69) is 27.4 Å². The van der Waals surface area contributed by atoms with E-state index in [0.29, 0.717) is 17.0 Å². The molecule has 2 rings (SSSR count). The molecule has 102 valence electrons. The van der Waals surface area contributed by atoms with Crippen molar-refractivity contribution in [3.05, 3.63) is 40.8 Å². The summed E-state index contributed by atoms with van der Waals surface area (Å²) in [6.07, 6.45) is 0. The van der Waals surface area contributed by atoms with Crippen molar-refractivity contribution in [2.24, 2.45) is 0 Å². The van der Waals surface area contributed by atoms with Crippen LogP contribution in [-0.4, -0.2) is 27.8 Å². The number of nitrogens with one attached hydrogen (secondary N) is 1. The van der Waals surface area contributed by atoms with Gasteiger partial charge in [-0.15, -0.1) is 5.10 Å². The van der Waals surface area contributed by atoms with E-state index < -0.39 is 0 Å². The molecule has 1 heterocycles. The molecule has 0 aliphatic heterocycles. The van der Waals surface area contributed by atoms with Gasteiger partial charge in [0.15, 0.2) is 0 Å². The molecular weight excluding hydrogens is 258 g/mol. The molecule has 6 heteroatoms. The van der Waals surface area contributed by atoms with Gasteiger partial charge in [-0.05, 0) is 30.7 Å². The van der Waals surface area contributed by atoms with Gasteiger partial charge in [-0.2, -0.15) is 0 Å². The zero-order chi connectivity index (χ0) is 14.5. The van der Waals surface area contributed by atoms with Crippen LogP contribution < -0.4 is 5.32 Å². The maximum Gasteiger partial charge on any atom is 0.322 e. The van der Waals surface area contributed by atoms with Crippen LogP contribution in [0.25, 0.3) is 0 Å². The fourth-order valence-corrected chi connectivity index (χ4v) is 1.64. The largest absolute Gasteiger partial charge is 0.408 e. The summed E-state index contributed by atoms with van der Waals surface area (Å²) < 4.78 is 5.09. The highest BCUT2D eigenvalue weighted by atomic mass is 16.4. The predicted octanol–water partition coefficient (Wildman–Crippen LogP) is 1.28. The minimum absolute atomic E-state index is 0.0528. The molecule has 6 nitrogen and oxygen atoms in total. The van der Waals surface area contributed by atoms with Crippen LogP contribution >= 0.6 is 0 Å². The van der Waals surface area contributed by atoms with Crippen molar-refractivity contribution in [2.45, 2.75) is 13.8 Å². The molecule has 1 amide bonds. The van der Waals surface area contributed by atoms with Gasteiger partial charge in [0.05, 0.1) is 0 Å². The van der Waals surface area contributed by atoms with E-state index >= 15 is 0 Å². The fraction of sp³-hybridized carbons (Fsp3) is 0.214. The third-order valence-corrected chi connectivity index (χ3v) is 2.40. The Hall–Kier alpha value is -2.65. The Morgan fingerprint density at radius 1 is 1.35 bits per heavy atom.